The summed E-state index contributed by atoms with van der Waals surface area (Å²) in [5.41, 5.74) is 3.74. The molecule has 126 valence electrons. The summed E-state index contributed by atoms with van der Waals surface area (Å²) in [6.07, 6.45) is 0. The molecule has 0 spiro atoms. The lowest BCUT2D eigenvalue weighted by Gasteiger charge is -2.08. The van der Waals surface area contributed by atoms with E-state index in [0.29, 0.717) is 0 Å². The number of methoxy groups -OCH3 is 1. The molecule has 0 amide bonds. The van der Waals surface area contributed by atoms with Crippen LogP contribution in [-0.4, -0.2) is 20.5 Å². The molecule has 0 radical (unpaired) electrons. The molecule has 3 aromatic rings. The SMILES string of the molecule is COc1cccc(-c2c(Br)sc3nc(C)cc(CN[SH](=O)=O)c23)c1. The van der Waals surface area contributed by atoms with E-state index in [1.807, 2.05) is 37.3 Å². The predicted molar refractivity (Wildman–Crippen MR) is 101 cm³/mol. The van der Waals surface area contributed by atoms with Crippen LogP contribution < -0.4 is 9.46 Å². The molecule has 2 aromatic heterocycles. The average molecular weight is 427 g/mol. The molecule has 0 unspecified atom stereocenters. The number of aryl methyl sites for hydroxylation is 1. The third-order valence-corrected chi connectivity index (χ3v) is 5.76. The maximum Gasteiger partial charge on any atom is 0.201 e. The molecule has 0 bridgehead atoms. The fourth-order valence-corrected chi connectivity index (χ4v) is 4.81. The first kappa shape index (κ1) is 17.3. The van der Waals surface area contributed by atoms with Gasteiger partial charge in [-0.25, -0.2) is 18.1 Å². The second-order valence-electron chi connectivity index (χ2n) is 5.18. The van der Waals surface area contributed by atoms with Gasteiger partial charge in [-0.2, -0.15) is 0 Å². The molecule has 0 aliphatic heterocycles. The summed E-state index contributed by atoms with van der Waals surface area (Å²) in [7, 11) is -1.02. The Morgan fingerprint density at radius 1 is 1.33 bits per heavy atom. The molecule has 1 N–H and O–H groups in total. The van der Waals surface area contributed by atoms with Crippen LogP contribution in [0.15, 0.2) is 34.1 Å². The van der Waals surface area contributed by atoms with Gasteiger partial charge in [0.15, 0.2) is 0 Å². The molecule has 24 heavy (non-hydrogen) atoms. The van der Waals surface area contributed by atoms with E-state index < -0.39 is 10.9 Å². The Morgan fingerprint density at radius 2 is 2.12 bits per heavy atom. The fourth-order valence-electron chi connectivity index (χ4n) is 2.61. The maximum absolute atomic E-state index is 10.9. The van der Waals surface area contributed by atoms with Crippen LogP contribution in [0.25, 0.3) is 21.3 Å². The first-order chi connectivity index (χ1) is 11.5. The largest absolute Gasteiger partial charge is 0.497 e. The van der Waals surface area contributed by atoms with Gasteiger partial charge in [-0.15, -0.1) is 11.3 Å². The van der Waals surface area contributed by atoms with Crippen molar-refractivity contribution >= 4 is 48.4 Å². The van der Waals surface area contributed by atoms with Crippen molar-refractivity contribution in [2.24, 2.45) is 0 Å². The number of benzene rings is 1. The highest BCUT2D eigenvalue weighted by molar-refractivity contribution is 9.11. The van der Waals surface area contributed by atoms with Crippen LogP contribution in [0.2, 0.25) is 0 Å². The van der Waals surface area contributed by atoms with E-state index in [-0.39, 0.29) is 6.54 Å². The molecule has 0 aliphatic carbocycles. The summed E-state index contributed by atoms with van der Waals surface area (Å²) >= 11 is 5.17. The first-order valence-electron chi connectivity index (χ1n) is 7.10. The number of aromatic nitrogens is 1. The standard InChI is InChI=1S/C16H15BrN2O3S2/c1-9-6-11(8-18-24(20)21)14-13(15(17)23-16(14)19-9)10-4-3-5-12(7-10)22-2/h3-7,24H,8H2,1-2H3,(H,18,20,21). The third-order valence-electron chi connectivity index (χ3n) is 3.59. The minimum atomic E-state index is -2.65. The van der Waals surface area contributed by atoms with Gasteiger partial charge in [-0.05, 0) is 52.2 Å². The zero-order valence-electron chi connectivity index (χ0n) is 13.0. The Balaban J connectivity index is 2.25. The maximum atomic E-state index is 10.9. The molecular weight excluding hydrogens is 412 g/mol. The molecule has 2 heterocycles. The molecule has 5 nitrogen and oxygen atoms in total. The minimum Gasteiger partial charge on any atom is -0.497 e. The molecule has 0 aliphatic rings. The van der Waals surface area contributed by atoms with E-state index in [9.17, 15) is 8.42 Å². The van der Waals surface area contributed by atoms with Crippen molar-refractivity contribution in [2.45, 2.75) is 13.5 Å². The van der Waals surface area contributed by atoms with E-state index in [0.717, 1.165) is 42.1 Å². The number of thiol groups is 1. The number of nitrogens with zero attached hydrogens (tertiary/aromatic N) is 1. The van der Waals surface area contributed by atoms with Crippen molar-refractivity contribution in [1.82, 2.24) is 9.71 Å². The lowest BCUT2D eigenvalue weighted by Crippen LogP contribution is -2.11. The van der Waals surface area contributed by atoms with E-state index in [4.69, 9.17) is 4.74 Å². The normalized spacial score (nSPS) is 11.3. The molecule has 0 saturated heterocycles. The topological polar surface area (TPSA) is 68.3 Å². The van der Waals surface area contributed by atoms with Crippen molar-refractivity contribution in [1.29, 1.82) is 0 Å². The average Bonchev–Trinajstić information content (AvgIpc) is 2.88. The van der Waals surface area contributed by atoms with E-state index >= 15 is 0 Å². The smallest absolute Gasteiger partial charge is 0.201 e. The minimum absolute atomic E-state index is 0.235. The highest BCUT2D eigenvalue weighted by Crippen LogP contribution is 2.43. The molecule has 0 atom stereocenters. The van der Waals surface area contributed by atoms with E-state index in [1.54, 1.807) is 7.11 Å². The van der Waals surface area contributed by atoms with Gasteiger partial charge in [-0.1, -0.05) is 12.1 Å². The Labute approximate surface area is 153 Å². The first-order valence-corrected chi connectivity index (χ1v) is 9.89. The quantitative estimate of drug-likeness (QED) is 0.610. The van der Waals surface area contributed by atoms with Crippen LogP contribution in [0.1, 0.15) is 11.3 Å². The van der Waals surface area contributed by atoms with E-state index in [1.165, 1.54) is 11.3 Å². The molecule has 8 heteroatoms. The van der Waals surface area contributed by atoms with Gasteiger partial charge in [0.05, 0.1) is 10.9 Å². The number of halogens is 1. The molecule has 1 aromatic carbocycles. The van der Waals surface area contributed by atoms with Gasteiger partial charge in [0.25, 0.3) is 0 Å². The summed E-state index contributed by atoms with van der Waals surface area (Å²) in [5.74, 6) is 0.765. The third kappa shape index (κ3) is 3.46. The second kappa shape index (κ2) is 7.18. The summed E-state index contributed by atoms with van der Waals surface area (Å²) in [4.78, 5) is 5.46. The zero-order valence-corrected chi connectivity index (χ0v) is 16.3. The lowest BCUT2D eigenvalue weighted by molar-refractivity contribution is 0.415. The number of hydrogen-bond donors (Lipinski definition) is 2. The zero-order chi connectivity index (χ0) is 17.3. The summed E-state index contributed by atoms with van der Waals surface area (Å²) < 4.78 is 30.6. The molecule has 0 saturated carbocycles. The van der Waals surface area contributed by atoms with Crippen molar-refractivity contribution in [2.75, 3.05) is 7.11 Å². The second-order valence-corrected chi connectivity index (χ2v) is 8.33. The van der Waals surface area contributed by atoms with Gasteiger partial charge in [0, 0.05) is 23.2 Å². The number of fused-ring (bicyclic) bond motifs is 1. The Hall–Kier alpha value is -1.48. The predicted octanol–water partition coefficient (Wildman–Crippen LogP) is 3.66. The van der Waals surface area contributed by atoms with Gasteiger partial charge < -0.3 is 4.74 Å². The van der Waals surface area contributed by atoms with Crippen molar-refractivity contribution in [3.8, 4) is 16.9 Å². The van der Waals surface area contributed by atoms with Crippen LogP contribution in [0.5, 0.6) is 5.75 Å². The van der Waals surface area contributed by atoms with E-state index in [2.05, 4.69) is 25.6 Å². The Morgan fingerprint density at radius 3 is 2.83 bits per heavy atom. The van der Waals surface area contributed by atoms with Crippen LogP contribution in [0, 0.1) is 6.92 Å². The highest BCUT2D eigenvalue weighted by atomic mass is 79.9. The van der Waals surface area contributed by atoms with Crippen LogP contribution in [-0.2, 0) is 17.4 Å². The lowest BCUT2D eigenvalue weighted by atomic mass is 10.0. The Kier molecular flexibility index (Phi) is 5.19. The number of ether oxygens (including phenoxy) is 1. The van der Waals surface area contributed by atoms with Gasteiger partial charge >= 0.3 is 0 Å². The number of nitrogens with one attached hydrogen (secondary N) is 1. The number of pyridine rings is 1. The van der Waals surface area contributed by atoms with Gasteiger partial charge in [-0.3, -0.25) is 0 Å². The summed E-state index contributed by atoms with van der Waals surface area (Å²) in [6, 6.07) is 9.69. The number of rotatable bonds is 5. The van der Waals surface area contributed by atoms with Crippen molar-refractivity contribution in [3.05, 3.63) is 45.4 Å². The van der Waals surface area contributed by atoms with Gasteiger partial charge in [0.1, 0.15) is 10.6 Å². The number of hydrogen-bond acceptors (Lipinski definition) is 5. The van der Waals surface area contributed by atoms with Crippen molar-refractivity contribution < 1.29 is 13.2 Å². The molecule has 3 rings (SSSR count). The Bertz CT molecular complexity index is 975. The van der Waals surface area contributed by atoms with Crippen LogP contribution in [0.3, 0.4) is 0 Å². The highest BCUT2D eigenvalue weighted by Gasteiger charge is 2.18. The molecular formula is C16H15BrN2O3S2. The monoisotopic (exact) mass is 426 g/mol. The number of thiophene rings is 1. The summed E-state index contributed by atoms with van der Waals surface area (Å²) in [6.45, 7) is 2.14. The molecule has 0 fully saturated rings. The van der Waals surface area contributed by atoms with Crippen LogP contribution in [0.4, 0.5) is 0 Å². The van der Waals surface area contributed by atoms with Crippen molar-refractivity contribution in [3.63, 3.8) is 0 Å². The summed E-state index contributed by atoms with van der Waals surface area (Å²) in [5, 5.41) is 0.954. The van der Waals surface area contributed by atoms with Gasteiger partial charge in [0.2, 0.25) is 10.9 Å². The van der Waals surface area contributed by atoms with Crippen LogP contribution >= 0.6 is 27.3 Å². The fraction of sp³-hybridized carbons (Fsp3) is 0.188.